The molecule has 3 aromatic carbocycles. The van der Waals surface area contributed by atoms with E-state index in [-0.39, 0.29) is 5.69 Å². The van der Waals surface area contributed by atoms with Gasteiger partial charge in [-0.15, -0.1) is 10.2 Å². The van der Waals surface area contributed by atoms with E-state index < -0.39 is 4.92 Å². The molecule has 0 saturated carbocycles. The van der Waals surface area contributed by atoms with Gasteiger partial charge in [0.15, 0.2) is 0 Å². The Balaban J connectivity index is 2.10. The van der Waals surface area contributed by atoms with Crippen LogP contribution in [0, 0.1) is 17.0 Å². The minimum Gasteiger partial charge on any atom is -0.398 e. The zero-order valence-corrected chi connectivity index (χ0v) is 14.8. The maximum absolute atomic E-state index is 11.0. The van der Waals surface area contributed by atoms with Crippen molar-refractivity contribution in [2.24, 2.45) is 10.2 Å². The van der Waals surface area contributed by atoms with Gasteiger partial charge in [0, 0.05) is 48.4 Å². The molecule has 132 valence electrons. The molecule has 0 heterocycles. The molecule has 0 aliphatic heterocycles. The molecule has 7 nitrogen and oxygen atoms in total. The highest BCUT2D eigenvalue weighted by Crippen LogP contribution is 2.35. The predicted molar refractivity (Wildman–Crippen MR) is 105 cm³/mol. The largest absolute Gasteiger partial charge is 0.398 e. The molecule has 3 rings (SSSR count). The number of rotatable bonds is 4. The topological polar surface area (TPSA) is 97.1 Å². The van der Waals surface area contributed by atoms with Crippen molar-refractivity contribution < 1.29 is 4.92 Å². The summed E-state index contributed by atoms with van der Waals surface area (Å²) in [5.74, 6) is 0. The molecule has 0 radical (unpaired) electrons. The number of nitrogens with two attached hydrogens (primary N) is 1. The maximum atomic E-state index is 11.0. The standard InChI is InChI=1S/C19H19N5O2/c1-12-16(20)10-13(24(25)26)11-18(12)22-21-17-8-9-19(23(2)3)15-7-5-4-6-14(15)17/h4-11H,20H2,1-3H3/b22-21+. The fourth-order valence-electron chi connectivity index (χ4n) is 2.77. The predicted octanol–water partition coefficient (Wildman–Crippen LogP) is 5.12. The zero-order valence-electron chi connectivity index (χ0n) is 14.8. The highest BCUT2D eigenvalue weighted by Gasteiger charge is 2.13. The van der Waals surface area contributed by atoms with Crippen molar-refractivity contribution in [1.29, 1.82) is 0 Å². The van der Waals surface area contributed by atoms with Crippen LogP contribution in [0.5, 0.6) is 0 Å². The van der Waals surface area contributed by atoms with Crippen molar-refractivity contribution in [1.82, 2.24) is 0 Å². The van der Waals surface area contributed by atoms with Crippen LogP contribution in [0.25, 0.3) is 10.8 Å². The first kappa shape index (κ1) is 17.3. The Kier molecular flexibility index (Phi) is 4.53. The molecule has 0 bridgehead atoms. The second kappa shape index (κ2) is 6.79. The molecule has 0 saturated heterocycles. The Bertz CT molecular complexity index is 1030. The van der Waals surface area contributed by atoms with Gasteiger partial charge in [0.1, 0.15) is 0 Å². The van der Waals surface area contributed by atoms with E-state index in [0.29, 0.717) is 22.6 Å². The average molecular weight is 349 g/mol. The van der Waals surface area contributed by atoms with Gasteiger partial charge in [-0.3, -0.25) is 10.1 Å². The van der Waals surface area contributed by atoms with Gasteiger partial charge < -0.3 is 10.6 Å². The van der Waals surface area contributed by atoms with Crippen molar-refractivity contribution >= 4 is 39.2 Å². The van der Waals surface area contributed by atoms with Gasteiger partial charge in [0.05, 0.1) is 16.3 Å². The molecule has 0 aliphatic rings. The van der Waals surface area contributed by atoms with Gasteiger partial charge >= 0.3 is 0 Å². The van der Waals surface area contributed by atoms with Crippen LogP contribution >= 0.6 is 0 Å². The molecule has 0 aromatic heterocycles. The third kappa shape index (κ3) is 3.19. The first-order valence-electron chi connectivity index (χ1n) is 8.04. The smallest absolute Gasteiger partial charge is 0.273 e. The van der Waals surface area contributed by atoms with E-state index >= 15 is 0 Å². The van der Waals surface area contributed by atoms with E-state index in [9.17, 15) is 10.1 Å². The summed E-state index contributed by atoms with van der Waals surface area (Å²) in [6.07, 6.45) is 0. The monoisotopic (exact) mass is 349 g/mol. The second-order valence-electron chi connectivity index (χ2n) is 6.18. The lowest BCUT2D eigenvalue weighted by atomic mass is 10.1. The van der Waals surface area contributed by atoms with Crippen LogP contribution in [0.1, 0.15) is 5.56 Å². The van der Waals surface area contributed by atoms with E-state index in [1.54, 1.807) is 6.92 Å². The van der Waals surface area contributed by atoms with E-state index in [4.69, 9.17) is 5.73 Å². The van der Waals surface area contributed by atoms with E-state index in [1.165, 1.54) is 12.1 Å². The summed E-state index contributed by atoms with van der Waals surface area (Å²) in [4.78, 5) is 12.6. The van der Waals surface area contributed by atoms with Gasteiger partial charge in [-0.1, -0.05) is 24.3 Å². The Labute approximate surface area is 150 Å². The number of anilines is 2. The van der Waals surface area contributed by atoms with E-state index in [0.717, 1.165) is 16.5 Å². The summed E-state index contributed by atoms with van der Waals surface area (Å²) >= 11 is 0. The minimum absolute atomic E-state index is 0.102. The lowest BCUT2D eigenvalue weighted by Crippen LogP contribution is -2.08. The number of hydrogen-bond donors (Lipinski definition) is 1. The fraction of sp³-hybridized carbons (Fsp3) is 0.158. The highest BCUT2D eigenvalue weighted by atomic mass is 16.6. The molecule has 0 atom stereocenters. The Morgan fingerprint density at radius 1 is 1.00 bits per heavy atom. The number of hydrogen-bond acceptors (Lipinski definition) is 6. The summed E-state index contributed by atoms with van der Waals surface area (Å²) in [6.45, 7) is 1.76. The van der Waals surface area contributed by atoms with Crippen LogP contribution in [0.3, 0.4) is 0 Å². The Morgan fingerprint density at radius 2 is 1.65 bits per heavy atom. The van der Waals surface area contributed by atoms with Crippen LogP contribution in [-0.2, 0) is 0 Å². The average Bonchev–Trinajstić information content (AvgIpc) is 2.62. The summed E-state index contributed by atoms with van der Waals surface area (Å²) in [6, 6.07) is 14.5. The molecular formula is C19H19N5O2. The number of non-ortho nitro benzene ring substituents is 1. The lowest BCUT2D eigenvalue weighted by molar-refractivity contribution is -0.384. The van der Waals surface area contributed by atoms with Gasteiger partial charge in [-0.05, 0) is 24.6 Å². The van der Waals surface area contributed by atoms with Gasteiger partial charge in [-0.25, -0.2) is 0 Å². The number of nitrogen functional groups attached to an aromatic ring is 1. The molecule has 0 spiro atoms. The number of nitro benzene ring substituents is 1. The molecule has 7 heteroatoms. The number of nitrogens with zero attached hydrogens (tertiary/aromatic N) is 4. The molecule has 0 fully saturated rings. The quantitative estimate of drug-likeness (QED) is 0.306. The summed E-state index contributed by atoms with van der Waals surface area (Å²) < 4.78 is 0. The first-order valence-corrected chi connectivity index (χ1v) is 8.04. The number of fused-ring (bicyclic) bond motifs is 1. The third-order valence-corrected chi connectivity index (χ3v) is 4.24. The number of benzene rings is 3. The van der Waals surface area contributed by atoms with Crippen LogP contribution in [0.2, 0.25) is 0 Å². The van der Waals surface area contributed by atoms with Crippen LogP contribution in [0.15, 0.2) is 58.8 Å². The molecule has 0 unspecified atom stereocenters. The Morgan fingerprint density at radius 3 is 2.31 bits per heavy atom. The van der Waals surface area contributed by atoms with Crippen LogP contribution in [-0.4, -0.2) is 19.0 Å². The van der Waals surface area contributed by atoms with Gasteiger partial charge in [0.2, 0.25) is 0 Å². The normalized spacial score (nSPS) is 11.2. The molecule has 26 heavy (non-hydrogen) atoms. The summed E-state index contributed by atoms with van der Waals surface area (Å²) in [5, 5.41) is 21.6. The maximum Gasteiger partial charge on any atom is 0.273 e. The third-order valence-electron chi connectivity index (χ3n) is 4.24. The summed E-state index contributed by atoms with van der Waals surface area (Å²) in [5.41, 5.74) is 8.90. The molecule has 0 aliphatic carbocycles. The zero-order chi connectivity index (χ0) is 18.8. The van der Waals surface area contributed by atoms with Crippen molar-refractivity contribution in [3.8, 4) is 0 Å². The number of azo groups is 1. The molecule has 0 amide bonds. The van der Waals surface area contributed by atoms with Crippen LogP contribution < -0.4 is 10.6 Å². The number of nitro groups is 1. The summed E-state index contributed by atoms with van der Waals surface area (Å²) in [7, 11) is 3.97. The second-order valence-corrected chi connectivity index (χ2v) is 6.18. The highest BCUT2D eigenvalue weighted by molar-refractivity contribution is 6.01. The van der Waals surface area contributed by atoms with Gasteiger partial charge in [0.25, 0.3) is 5.69 Å². The SMILES string of the molecule is Cc1c(N)cc([N+](=O)[O-])cc1/N=N/c1ccc(N(C)C)c2ccccc12. The van der Waals surface area contributed by atoms with Gasteiger partial charge in [-0.2, -0.15) is 0 Å². The molecule has 3 aromatic rings. The van der Waals surface area contributed by atoms with Crippen molar-refractivity contribution in [3.05, 3.63) is 64.2 Å². The van der Waals surface area contributed by atoms with Crippen molar-refractivity contribution in [2.75, 3.05) is 24.7 Å². The van der Waals surface area contributed by atoms with E-state index in [2.05, 4.69) is 10.2 Å². The fourth-order valence-corrected chi connectivity index (χ4v) is 2.77. The lowest BCUT2D eigenvalue weighted by Gasteiger charge is -2.16. The first-order chi connectivity index (χ1) is 12.4. The molecule has 2 N–H and O–H groups in total. The van der Waals surface area contributed by atoms with Crippen molar-refractivity contribution in [2.45, 2.75) is 6.92 Å². The van der Waals surface area contributed by atoms with E-state index in [1.807, 2.05) is 55.4 Å². The van der Waals surface area contributed by atoms with Crippen LogP contribution in [0.4, 0.5) is 28.4 Å². The van der Waals surface area contributed by atoms with Crippen molar-refractivity contribution in [3.63, 3.8) is 0 Å². The minimum atomic E-state index is -0.490. The Hall–Kier alpha value is -3.48. The molecular weight excluding hydrogens is 330 g/mol.